The van der Waals surface area contributed by atoms with Gasteiger partial charge in [-0.05, 0) is 107 Å². The maximum Gasteiger partial charge on any atom is 0.412 e. The third-order valence-electron chi connectivity index (χ3n) is 15.7. The van der Waals surface area contributed by atoms with E-state index in [1.807, 2.05) is 45.9 Å². The topological polar surface area (TPSA) is 281 Å². The van der Waals surface area contributed by atoms with Crippen LogP contribution in [0.25, 0.3) is 0 Å². The molecule has 5 amide bonds. The Morgan fingerprint density at radius 3 is 2.42 bits per heavy atom. The average molecular weight is 1240 g/mol. The number of fused-ring (bicyclic) bond motifs is 5. The van der Waals surface area contributed by atoms with E-state index in [9.17, 15) is 43.5 Å². The summed E-state index contributed by atoms with van der Waals surface area (Å²) in [7, 11) is 4.42. The third kappa shape index (κ3) is 18.9. The molecular formula is C61H83BrClN5O15. The van der Waals surface area contributed by atoms with Gasteiger partial charge in [0.15, 0.2) is 5.78 Å². The minimum absolute atomic E-state index is 0.00531. The molecule has 4 bridgehead atoms. The number of unbranched alkanes of at least 4 members (excludes halogenated alkanes) is 1. The summed E-state index contributed by atoms with van der Waals surface area (Å²) in [6, 6.07) is 6.66. The molecule has 3 heterocycles. The van der Waals surface area contributed by atoms with Crippen molar-refractivity contribution < 1.29 is 71.9 Å². The summed E-state index contributed by atoms with van der Waals surface area (Å²) < 4.78 is 35.2. The number of nitrogens with one attached hydrogen (secondary N) is 3. The van der Waals surface area contributed by atoms with Crippen LogP contribution >= 0.6 is 27.5 Å². The van der Waals surface area contributed by atoms with E-state index in [-0.39, 0.29) is 92.9 Å². The average Bonchev–Trinajstić information content (AvgIpc) is 1.92. The highest BCUT2D eigenvalue weighted by molar-refractivity contribution is 9.09. The number of esters is 2. The first-order chi connectivity index (χ1) is 39.1. The molecule has 1 unspecified atom stereocenters. The number of aryl methyl sites for hydroxylation is 1. The number of rotatable bonds is 24. The molecule has 456 valence electrons. The number of anilines is 2. The van der Waals surface area contributed by atoms with Crippen molar-refractivity contribution in [2.24, 2.45) is 23.5 Å². The van der Waals surface area contributed by atoms with Crippen molar-refractivity contribution in [3.8, 4) is 5.75 Å². The van der Waals surface area contributed by atoms with Crippen LogP contribution in [0.3, 0.4) is 0 Å². The summed E-state index contributed by atoms with van der Waals surface area (Å²) in [5.41, 5.74) is 6.27. The van der Waals surface area contributed by atoms with Gasteiger partial charge in [-0.2, -0.15) is 0 Å². The first-order valence-electron chi connectivity index (χ1n) is 28.1. The van der Waals surface area contributed by atoms with Gasteiger partial charge in [-0.1, -0.05) is 90.8 Å². The molecule has 83 heavy (non-hydrogen) atoms. The predicted octanol–water partition coefficient (Wildman–Crippen LogP) is 8.65. The molecule has 2 aromatic carbocycles. The van der Waals surface area contributed by atoms with Crippen LogP contribution in [0.4, 0.5) is 21.0 Å². The first-order valence-corrected chi connectivity index (χ1v) is 29.6. The molecule has 3 aliphatic heterocycles. The highest BCUT2D eigenvalue weighted by atomic mass is 79.9. The standard InChI is InChI=1S/C61H83BrClN5O15/c1-34(2)43(29-42(69)18-13-12-17-38(6)80-57(74)37(5)33-62)56(73)66-44(19-15-23-65-58(64)75)47(70)27-40-21-22-45(48(28-40)78-10)67-59(76)82-51-30-52(71)68(9)46-26-41(25-36(4)54(46)63)24-35(3)16-14-20-50(79-11)61(77)31-49(81-53(72)32-61)39(7)55-60(51,8)83-55/h14,16,20-22,25-26,28,34,38-39,43-44,49-51,55,77H,5,12-13,15,17-19,23-24,27,29-33H2,1-4,6-11H3,(H,66,73)(H,67,76)(H3,64,65,75)/b20-14+,35-16+/t38?,39-,43+,44+,49+,50-,51+,55+,60+,61-/m1/s1. The number of epoxide rings is 1. The molecule has 0 aromatic heterocycles. The van der Waals surface area contributed by atoms with Gasteiger partial charge in [0, 0.05) is 69.1 Å². The van der Waals surface area contributed by atoms with Gasteiger partial charge < -0.3 is 54.8 Å². The Morgan fingerprint density at radius 1 is 1.04 bits per heavy atom. The summed E-state index contributed by atoms with van der Waals surface area (Å²) in [6.07, 6.45) is 2.26. The number of nitrogens with zero attached hydrogens (tertiary/aromatic N) is 1. The van der Waals surface area contributed by atoms with Crippen molar-refractivity contribution in [2.75, 3.05) is 43.4 Å². The molecule has 0 aliphatic carbocycles. The zero-order valence-corrected chi connectivity index (χ0v) is 51.7. The Bertz CT molecular complexity index is 2790. The molecule has 22 heteroatoms. The number of aliphatic hydroxyl groups is 1. The molecule has 2 saturated heterocycles. The molecule has 5 rings (SSSR count). The van der Waals surface area contributed by atoms with Crippen LogP contribution in [0.15, 0.2) is 66.3 Å². The summed E-state index contributed by atoms with van der Waals surface area (Å²) in [6.45, 7) is 16.5. The van der Waals surface area contributed by atoms with Gasteiger partial charge in [-0.25, -0.2) is 14.4 Å². The largest absolute Gasteiger partial charge is 0.495 e. The number of hydrogen-bond acceptors (Lipinski definition) is 15. The second kappa shape index (κ2) is 30.6. The normalized spacial score (nSPS) is 24.8. The molecule has 6 N–H and O–H groups in total. The number of allylic oxidation sites excluding steroid dienone is 3. The third-order valence-corrected chi connectivity index (χ3v) is 16.8. The highest BCUT2D eigenvalue weighted by Crippen LogP contribution is 2.50. The second-order valence-electron chi connectivity index (χ2n) is 22.7. The van der Waals surface area contributed by atoms with Crippen molar-refractivity contribution in [1.82, 2.24) is 10.6 Å². The smallest absolute Gasteiger partial charge is 0.412 e. The number of alkyl halides is 1. The van der Waals surface area contributed by atoms with E-state index in [1.165, 1.54) is 25.2 Å². The maximum absolute atomic E-state index is 14.4. The fourth-order valence-electron chi connectivity index (χ4n) is 10.7. The molecular weight excluding hydrogens is 1160 g/mol. The number of carbonyl (C=O) groups excluding carboxylic acids is 8. The zero-order valence-electron chi connectivity index (χ0n) is 49.4. The number of urea groups is 1. The minimum Gasteiger partial charge on any atom is -0.495 e. The fourth-order valence-corrected chi connectivity index (χ4v) is 11.1. The first kappa shape index (κ1) is 67.7. The van der Waals surface area contributed by atoms with Gasteiger partial charge >= 0.3 is 24.1 Å². The monoisotopic (exact) mass is 1240 g/mol. The van der Waals surface area contributed by atoms with Gasteiger partial charge in [0.25, 0.3) is 0 Å². The lowest BCUT2D eigenvalue weighted by atomic mass is 9.78. The van der Waals surface area contributed by atoms with Crippen molar-refractivity contribution in [3.05, 3.63) is 88.0 Å². The summed E-state index contributed by atoms with van der Waals surface area (Å²) in [5, 5.41) is 20.8. The van der Waals surface area contributed by atoms with E-state index in [0.29, 0.717) is 52.9 Å². The van der Waals surface area contributed by atoms with E-state index in [1.54, 1.807) is 52.1 Å². The van der Waals surface area contributed by atoms with Crippen molar-refractivity contribution in [1.29, 1.82) is 0 Å². The van der Waals surface area contributed by atoms with Crippen LogP contribution in [0.1, 0.15) is 122 Å². The number of amides is 5. The number of hydrogen-bond donors (Lipinski definition) is 5. The van der Waals surface area contributed by atoms with Crippen LogP contribution in [0.5, 0.6) is 5.75 Å². The Hall–Kier alpha value is -6.13. The summed E-state index contributed by atoms with van der Waals surface area (Å²) in [5.74, 6) is -3.96. The molecule has 2 aromatic rings. The van der Waals surface area contributed by atoms with E-state index in [2.05, 4.69) is 38.5 Å². The number of methoxy groups -OCH3 is 2. The molecule has 3 aliphatic rings. The van der Waals surface area contributed by atoms with Crippen LogP contribution < -0.4 is 31.3 Å². The molecule has 0 radical (unpaired) electrons. The number of benzene rings is 2. The van der Waals surface area contributed by atoms with Crippen molar-refractivity contribution in [2.45, 2.75) is 173 Å². The van der Waals surface area contributed by atoms with Crippen LogP contribution in [0.2, 0.25) is 5.02 Å². The van der Waals surface area contributed by atoms with Crippen LogP contribution in [-0.2, 0) is 65.3 Å². The van der Waals surface area contributed by atoms with E-state index in [4.69, 9.17) is 45.8 Å². The Balaban J connectivity index is 1.33. The fraction of sp³-hybridized carbons (Fsp3) is 0.574. The highest BCUT2D eigenvalue weighted by Gasteiger charge is 2.64. The maximum atomic E-state index is 14.4. The summed E-state index contributed by atoms with van der Waals surface area (Å²) >= 11 is 10.1. The molecule has 10 atom stereocenters. The van der Waals surface area contributed by atoms with E-state index in [0.717, 1.165) is 16.7 Å². The van der Waals surface area contributed by atoms with Gasteiger partial charge in [0.05, 0.1) is 54.6 Å². The Morgan fingerprint density at radius 2 is 1.76 bits per heavy atom. The Labute approximate surface area is 500 Å². The van der Waals surface area contributed by atoms with Gasteiger partial charge in [-0.15, -0.1) is 0 Å². The van der Waals surface area contributed by atoms with Crippen LogP contribution in [0, 0.1) is 24.7 Å². The van der Waals surface area contributed by atoms with Gasteiger partial charge in [-0.3, -0.25) is 29.3 Å². The Kier molecular flexibility index (Phi) is 25.0. The van der Waals surface area contributed by atoms with E-state index >= 15 is 0 Å². The lowest BCUT2D eigenvalue weighted by molar-refractivity contribution is -0.187. The predicted molar refractivity (Wildman–Crippen MR) is 317 cm³/mol. The summed E-state index contributed by atoms with van der Waals surface area (Å²) in [4.78, 5) is 108. The number of Topliss-reactive ketones (excluding diaryl/α,β-unsaturated/α-hetero) is 2. The SMILES string of the molecule is C=C(CBr)C(=O)OC(C)CCCCC(=O)C[C@H](C(=O)N[C@@H](CCCNC(N)=O)C(=O)Cc1ccc(NC(=O)O[C@H]2CC(=O)N(C)c3cc(cc(C)c3Cl)C/C(C)=C/C=C/[C@@H](OC)[C@]3(O)CC(=O)O[C@@H](C3)[C@@H](C)[C@@H]3O[C@@]23C)c(OC)c1)C(C)C. The second-order valence-corrected chi connectivity index (χ2v) is 23.6. The number of nitrogens with two attached hydrogens (primary N) is 1. The molecule has 0 saturated carbocycles. The quantitative estimate of drug-likeness (QED) is 0.0164. The van der Waals surface area contributed by atoms with Gasteiger partial charge in [0.2, 0.25) is 11.8 Å². The van der Waals surface area contributed by atoms with Crippen LogP contribution in [-0.4, -0.2) is 133 Å². The number of carbonyl (C=O) groups is 8. The lowest BCUT2D eigenvalue weighted by Crippen LogP contribution is -2.53. The van der Waals surface area contributed by atoms with Crippen molar-refractivity contribution in [3.63, 3.8) is 0 Å². The van der Waals surface area contributed by atoms with E-state index < -0.39 is 89.4 Å². The zero-order chi connectivity index (χ0) is 61.5. The number of ketones is 2. The molecule has 20 nitrogen and oxygen atoms in total. The number of halogens is 2. The van der Waals surface area contributed by atoms with Crippen molar-refractivity contribution >= 4 is 86.3 Å². The van der Waals surface area contributed by atoms with Gasteiger partial charge in [0.1, 0.15) is 41.0 Å². The molecule has 0 spiro atoms. The number of ether oxygens (including phenoxy) is 6. The number of primary amides is 1. The lowest BCUT2D eigenvalue weighted by Gasteiger charge is -2.41. The minimum atomic E-state index is -1.64. The molecule has 2 fully saturated rings.